The second kappa shape index (κ2) is 13.4. The first kappa shape index (κ1) is 30.8. The molecule has 1 N–H and O–H groups in total. The summed E-state index contributed by atoms with van der Waals surface area (Å²) in [6.45, 7) is 12.4. The van der Waals surface area contributed by atoms with Gasteiger partial charge in [0.25, 0.3) is 0 Å². The normalized spacial score (nSPS) is 16.3. The summed E-state index contributed by atoms with van der Waals surface area (Å²) in [6, 6.07) is 16.8. The van der Waals surface area contributed by atoms with Crippen molar-refractivity contribution in [3.05, 3.63) is 88.1 Å². The lowest BCUT2D eigenvalue weighted by molar-refractivity contribution is 0.0290. The monoisotopic (exact) mass is 610 g/mol. The van der Waals surface area contributed by atoms with Crippen LogP contribution in [-0.2, 0) is 24.3 Å². The minimum Gasteiger partial charge on any atom is -0.488 e. The van der Waals surface area contributed by atoms with Gasteiger partial charge < -0.3 is 19.3 Å². The van der Waals surface area contributed by atoms with Crippen LogP contribution in [-0.4, -0.2) is 62.6 Å². The molecule has 0 bridgehead atoms. The molecule has 2 aliphatic heterocycles. The van der Waals surface area contributed by atoms with Crippen molar-refractivity contribution in [3.8, 4) is 28.7 Å². The smallest absolute Gasteiger partial charge is 0.342 e. The molecule has 0 unspecified atom stereocenters. The van der Waals surface area contributed by atoms with E-state index in [1.807, 2.05) is 51.1 Å². The highest BCUT2D eigenvalue weighted by Crippen LogP contribution is 2.35. The zero-order valence-electron chi connectivity index (χ0n) is 26.6. The van der Waals surface area contributed by atoms with E-state index in [0.717, 1.165) is 68.9 Å². The van der Waals surface area contributed by atoms with Crippen molar-refractivity contribution in [1.29, 1.82) is 0 Å². The summed E-state index contributed by atoms with van der Waals surface area (Å²) in [5.74, 6) is 0.305. The molecule has 0 amide bonds. The first-order valence-electron chi connectivity index (χ1n) is 15.9. The Bertz CT molecular complexity index is 1680. The molecule has 45 heavy (non-hydrogen) atoms. The lowest BCUT2D eigenvalue weighted by atomic mass is 9.90. The van der Waals surface area contributed by atoms with Gasteiger partial charge in [-0.1, -0.05) is 37.3 Å². The highest BCUT2D eigenvalue weighted by molar-refractivity contribution is 5.90. The van der Waals surface area contributed by atoms with Crippen molar-refractivity contribution in [2.45, 2.75) is 78.7 Å². The molecule has 9 heteroatoms. The molecule has 0 aliphatic carbocycles. The van der Waals surface area contributed by atoms with Gasteiger partial charge in [-0.15, -0.1) is 0 Å². The lowest BCUT2D eigenvalue weighted by Crippen LogP contribution is -2.42. The largest absolute Gasteiger partial charge is 0.488 e. The number of aromatic nitrogens is 3. The van der Waals surface area contributed by atoms with Gasteiger partial charge in [-0.05, 0) is 92.5 Å². The molecule has 0 spiro atoms. The summed E-state index contributed by atoms with van der Waals surface area (Å²) in [7, 11) is 0. The Labute approximate surface area is 264 Å². The molecule has 236 valence electrons. The number of carboxylic acids is 1. The molecule has 6 rings (SSSR count). The number of fused-ring (bicyclic) bond motifs is 1. The van der Waals surface area contributed by atoms with Crippen molar-refractivity contribution in [2.24, 2.45) is 0 Å². The van der Waals surface area contributed by atoms with E-state index in [-0.39, 0.29) is 17.5 Å². The second-order valence-corrected chi connectivity index (χ2v) is 12.1. The molecule has 2 aliphatic rings. The number of benzene rings is 2. The predicted molar refractivity (Wildman–Crippen MR) is 172 cm³/mol. The summed E-state index contributed by atoms with van der Waals surface area (Å²) in [6.07, 6.45) is 5.14. The van der Waals surface area contributed by atoms with Crippen LogP contribution in [0.5, 0.6) is 11.6 Å². The van der Waals surface area contributed by atoms with Gasteiger partial charge in [0.1, 0.15) is 17.9 Å². The van der Waals surface area contributed by atoms with Crippen molar-refractivity contribution in [3.63, 3.8) is 0 Å². The molecule has 2 aromatic heterocycles. The molecule has 9 nitrogen and oxygen atoms in total. The van der Waals surface area contributed by atoms with Crippen molar-refractivity contribution >= 4 is 5.97 Å². The fourth-order valence-electron chi connectivity index (χ4n) is 6.35. The van der Waals surface area contributed by atoms with Gasteiger partial charge in [0.05, 0.1) is 18.0 Å². The van der Waals surface area contributed by atoms with Crippen LogP contribution in [0.2, 0.25) is 0 Å². The number of ether oxygens (including phenoxy) is 3. The third-order valence-corrected chi connectivity index (χ3v) is 9.19. The van der Waals surface area contributed by atoms with Gasteiger partial charge >= 0.3 is 5.97 Å². The molecular formula is C36H42N4O5. The molecular weight excluding hydrogens is 568 g/mol. The fraction of sp³-hybridized carbons (Fsp3) is 0.417. The number of hydrogen-bond acceptors (Lipinski definition) is 7. The zero-order valence-corrected chi connectivity index (χ0v) is 26.6. The zero-order chi connectivity index (χ0) is 31.5. The van der Waals surface area contributed by atoms with Gasteiger partial charge in [0.2, 0.25) is 5.88 Å². The molecule has 1 fully saturated rings. The van der Waals surface area contributed by atoms with E-state index in [0.29, 0.717) is 24.2 Å². The number of carbonyl (C=O) groups is 1. The predicted octanol–water partition coefficient (Wildman–Crippen LogP) is 6.54. The maximum atomic E-state index is 11.9. The molecule has 2 aromatic carbocycles. The number of nitrogens with zero attached hydrogens (tertiary/aromatic N) is 4. The van der Waals surface area contributed by atoms with Crippen LogP contribution in [0.1, 0.15) is 71.3 Å². The SMILES string of the molecule is CC[C@H](C)Oc1c(C(=O)O)cnn1-c1cccc(-c2cccc(C)c2OCc2ccc3c(c2C)CCN(C2CCOCC2)C3)n1. The van der Waals surface area contributed by atoms with Crippen LogP contribution in [0, 0.1) is 13.8 Å². The number of pyridine rings is 1. The Hall–Kier alpha value is -4.21. The number of carboxylic acid groups (broad SMARTS) is 1. The topological polar surface area (TPSA) is 98.9 Å². The summed E-state index contributed by atoms with van der Waals surface area (Å²) in [4.78, 5) is 19.4. The molecule has 0 saturated carbocycles. The van der Waals surface area contributed by atoms with E-state index in [1.165, 1.54) is 33.1 Å². The Morgan fingerprint density at radius 3 is 2.69 bits per heavy atom. The van der Waals surface area contributed by atoms with Crippen LogP contribution in [0.15, 0.2) is 54.7 Å². The first-order valence-corrected chi connectivity index (χ1v) is 15.9. The highest BCUT2D eigenvalue weighted by atomic mass is 16.5. The van der Waals surface area contributed by atoms with Crippen molar-refractivity contribution in [1.82, 2.24) is 19.7 Å². The highest BCUT2D eigenvalue weighted by Gasteiger charge is 2.27. The van der Waals surface area contributed by atoms with E-state index in [2.05, 4.69) is 29.1 Å². The molecule has 1 atom stereocenters. The van der Waals surface area contributed by atoms with Gasteiger partial charge in [-0.25, -0.2) is 9.78 Å². The van der Waals surface area contributed by atoms with Crippen LogP contribution in [0.25, 0.3) is 17.1 Å². The Balaban J connectivity index is 1.25. The maximum absolute atomic E-state index is 11.9. The average molecular weight is 611 g/mol. The van der Waals surface area contributed by atoms with Gasteiger partial charge in [-0.2, -0.15) is 9.78 Å². The second-order valence-electron chi connectivity index (χ2n) is 12.1. The van der Waals surface area contributed by atoms with Gasteiger partial charge in [-0.3, -0.25) is 4.90 Å². The van der Waals surface area contributed by atoms with Crippen molar-refractivity contribution < 1.29 is 24.1 Å². The van der Waals surface area contributed by atoms with Gasteiger partial charge in [0.15, 0.2) is 5.82 Å². The van der Waals surface area contributed by atoms with E-state index >= 15 is 0 Å². The first-order chi connectivity index (χ1) is 21.8. The number of aryl methyl sites for hydroxylation is 1. The summed E-state index contributed by atoms with van der Waals surface area (Å²) in [5, 5.41) is 14.1. The van der Waals surface area contributed by atoms with Crippen LogP contribution in [0.3, 0.4) is 0 Å². The third-order valence-electron chi connectivity index (χ3n) is 9.19. The lowest BCUT2D eigenvalue weighted by Gasteiger charge is -2.38. The number of hydrogen-bond donors (Lipinski definition) is 1. The molecule has 4 heterocycles. The minimum absolute atomic E-state index is 0.00112. The van der Waals surface area contributed by atoms with Gasteiger partial charge in [0, 0.05) is 37.9 Å². The Kier molecular flexibility index (Phi) is 9.19. The number of para-hydroxylation sites is 1. The van der Waals surface area contributed by atoms with Crippen LogP contribution in [0.4, 0.5) is 0 Å². The third kappa shape index (κ3) is 6.46. The van der Waals surface area contributed by atoms with Crippen LogP contribution < -0.4 is 9.47 Å². The maximum Gasteiger partial charge on any atom is 0.342 e. The summed E-state index contributed by atoms with van der Waals surface area (Å²) >= 11 is 0. The number of rotatable bonds is 10. The molecule has 4 aromatic rings. The quantitative estimate of drug-likeness (QED) is 0.216. The fourth-order valence-corrected chi connectivity index (χ4v) is 6.35. The minimum atomic E-state index is -1.10. The Morgan fingerprint density at radius 2 is 1.91 bits per heavy atom. The van der Waals surface area contributed by atoms with Crippen molar-refractivity contribution in [2.75, 3.05) is 19.8 Å². The van der Waals surface area contributed by atoms with E-state index in [9.17, 15) is 9.90 Å². The van der Waals surface area contributed by atoms with E-state index < -0.39 is 5.97 Å². The number of aromatic carboxylic acids is 1. The standard InChI is InChI=1S/C36H42N4O5/c1-5-24(3)45-35-31(36(41)42)20-37-40(35)33-11-7-10-32(38-33)30-9-6-8-23(2)34(30)44-22-27-13-12-26-21-39(17-14-29(26)25(27)4)28-15-18-43-19-16-28/h6-13,20,24,28H,5,14-19,21-22H2,1-4H3,(H,41,42)/t24-/m0/s1. The molecule has 0 radical (unpaired) electrons. The molecule has 1 saturated heterocycles. The van der Waals surface area contributed by atoms with Crippen LogP contribution >= 0.6 is 0 Å². The summed E-state index contributed by atoms with van der Waals surface area (Å²) < 4.78 is 19.6. The van der Waals surface area contributed by atoms with E-state index in [4.69, 9.17) is 19.2 Å². The Morgan fingerprint density at radius 1 is 1.11 bits per heavy atom. The summed E-state index contributed by atoms with van der Waals surface area (Å²) in [5.41, 5.74) is 7.94. The average Bonchev–Trinajstić information content (AvgIpc) is 3.49. The van der Waals surface area contributed by atoms with E-state index in [1.54, 1.807) is 6.07 Å².